The Morgan fingerprint density at radius 1 is 1.11 bits per heavy atom. The van der Waals surface area contributed by atoms with Gasteiger partial charge in [0, 0.05) is 65.6 Å². The van der Waals surface area contributed by atoms with Crippen LogP contribution in [0.4, 0.5) is 5.69 Å². The molecular formula is C26H33BrN6O4. The minimum Gasteiger partial charge on any atom is -0.399 e. The van der Waals surface area contributed by atoms with Crippen LogP contribution in [0.2, 0.25) is 0 Å². The number of piperidine rings is 1. The van der Waals surface area contributed by atoms with Crippen LogP contribution in [-0.4, -0.2) is 68.8 Å². The predicted molar refractivity (Wildman–Crippen MR) is 142 cm³/mol. The zero-order valence-corrected chi connectivity index (χ0v) is 22.8. The third-order valence-corrected chi connectivity index (χ3v) is 8.62. The normalized spacial score (nSPS) is 26.7. The Bertz CT molecular complexity index is 1290. The highest BCUT2D eigenvalue weighted by Gasteiger charge is 2.67. The molecule has 1 aliphatic carbocycles. The van der Waals surface area contributed by atoms with Gasteiger partial charge in [-0.3, -0.25) is 28.2 Å². The number of hydrogen-bond donors (Lipinski definition) is 2. The molecule has 0 radical (unpaired) electrons. The molecule has 3 N–H and O–H groups in total. The Kier molecular flexibility index (Phi) is 6.76. The molecule has 2 aromatic rings. The van der Waals surface area contributed by atoms with Gasteiger partial charge in [-0.1, -0.05) is 12.8 Å². The number of ketones is 1. The number of Topliss-reactive ketones (excluding diaryl/α,β-unsaturated/α-hetero) is 1. The number of hydrogen-bond acceptors (Lipinski definition) is 6. The van der Waals surface area contributed by atoms with E-state index in [4.69, 9.17) is 5.73 Å². The van der Waals surface area contributed by atoms with Crippen LogP contribution < -0.4 is 10.1 Å². The van der Waals surface area contributed by atoms with Gasteiger partial charge in [0.1, 0.15) is 18.3 Å². The smallest absolute Gasteiger partial charge is 0.252 e. The number of nitrogens with zero attached hydrogens (tertiary/aromatic N) is 4. The molecule has 3 aliphatic rings. The lowest BCUT2D eigenvalue weighted by Gasteiger charge is -2.26. The third-order valence-electron chi connectivity index (χ3n) is 8.23. The van der Waals surface area contributed by atoms with Gasteiger partial charge in [0.15, 0.2) is 5.78 Å². The number of amides is 3. The van der Waals surface area contributed by atoms with E-state index in [2.05, 4.69) is 25.6 Å². The largest absolute Gasteiger partial charge is 0.399 e. The van der Waals surface area contributed by atoms with Gasteiger partial charge in [0.25, 0.3) is 5.91 Å². The highest BCUT2D eigenvalue weighted by atomic mass is 79.9. The van der Waals surface area contributed by atoms with Gasteiger partial charge in [-0.2, -0.15) is 5.10 Å². The molecule has 198 valence electrons. The molecule has 2 aliphatic heterocycles. The second kappa shape index (κ2) is 9.74. The minimum atomic E-state index is -0.641. The first-order valence-electron chi connectivity index (χ1n) is 12.9. The highest BCUT2D eigenvalue weighted by Crippen LogP contribution is 2.60. The van der Waals surface area contributed by atoms with Crippen LogP contribution in [0.25, 0.3) is 10.9 Å². The number of benzene rings is 1. The maximum absolute atomic E-state index is 13.8. The Balaban J connectivity index is 1.56. The zero-order chi connectivity index (χ0) is 26.5. The number of nitrogens with one attached hydrogen (secondary N) is 1. The summed E-state index contributed by atoms with van der Waals surface area (Å²) in [5.74, 6) is -0.607. The Morgan fingerprint density at radius 3 is 2.54 bits per heavy atom. The lowest BCUT2D eigenvalue weighted by atomic mass is 9.98. The van der Waals surface area contributed by atoms with E-state index < -0.39 is 6.04 Å². The van der Waals surface area contributed by atoms with E-state index in [1.165, 1.54) is 6.92 Å². The molecule has 2 fully saturated rings. The summed E-state index contributed by atoms with van der Waals surface area (Å²) in [5, 5.41) is 5.21. The van der Waals surface area contributed by atoms with Crippen molar-refractivity contribution < 1.29 is 19.2 Å². The van der Waals surface area contributed by atoms with Gasteiger partial charge < -0.3 is 15.5 Å². The van der Waals surface area contributed by atoms with Crippen LogP contribution in [0.1, 0.15) is 67.9 Å². The fourth-order valence-electron chi connectivity index (χ4n) is 6.40. The van der Waals surface area contributed by atoms with E-state index in [9.17, 15) is 19.2 Å². The monoisotopic (exact) mass is 572 g/mol. The van der Waals surface area contributed by atoms with Crippen LogP contribution >= 0.6 is 16.1 Å². The average molecular weight is 573 g/mol. The molecule has 1 aromatic carbocycles. The summed E-state index contributed by atoms with van der Waals surface area (Å²) in [4.78, 5) is 55.3. The Labute approximate surface area is 224 Å². The lowest BCUT2D eigenvalue weighted by molar-refractivity contribution is -0.139. The summed E-state index contributed by atoms with van der Waals surface area (Å²) in [6, 6.07) is 2.88. The first kappa shape index (κ1) is 25.7. The fourth-order valence-corrected chi connectivity index (χ4v) is 6.67. The SMILES string of the molecule is CC(=O)c1nn2c3c(cc(N)cc13)CCCCCCC(=O)N(C)C[C@@]13C[C@@H](C(=O)NBr)N(C(=O)C2)[C@@H]1C3. The Hall–Kier alpha value is -2.95. The topological polar surface area (TPSA) is 131 Å². The minimum absolute atomic E-state index is 0.0892. The molecule has 1 saturated heterocycles. The standard InChI is InChI=1S/C26H33BrN6O4/c1-15(34)23-18-10-17(28)9-16-7-5-3-4-6-8-21(35)31(2)14-26-11-19(25(37)29-27)33(20(26)12-26)22(36)13-32(30-23)24(16)18/h9-10,19-20H,3-8,11-14,28H2,1-2H3,(H,29,37)/t19-,20+,26-/m0/s1. The summed E-state index contributed by atoms with van der Waals surface area (Å²) >= 11 is 3.04. The highest BCUT2D eigenvalue weighted by molar-refractivity contribution is 9.08. The number of carbonyl (C=O) groups excluding carboxylic acids is 4. The van der Waals surface area contributed by atoms with Gasteiger partial charge in [0.05, 0.1) is 5.52 Å². The van der Waals surface area contributed by atoms with Crippen LogP contribution in [-0.2, 0) is 27.3 Å². The summed E-state index contributed by atoms with van der Waals surface area (Å²) in [6.07, 6.45) is 6.07. The predicted octanol–water partition coefficient (Wildman–Crippen LogP) is 2.57. The van der Waals surface area contributed by atoms with E-state index in [1.807, 2.05) is 13.1 Å². The molecule has 1 saturated carbocycles. The maximum Gasteiger partial charge on any atom is 0.252 e. The van der Waals surface area contributed by atoms with Crippen LogP contribution in [0.15, 0.2) is 12.1 Å². The van der Waals surface area contributed by atoms with Crippen molar-refractivity contribution in [2.45, 2.75) is 76.9 Å². The number of nitrogens with two attached hydrogens (primary N) is 1. The molecule has 3 amide bonds. The molecule has 11 heteroatoms. The van der Waals surface area contributed by atoms with E-state index >= 15 is 0 Å². The van der Waals surface area contributed by atoms with Crippen molar-refractivity contribution in [1.29, 1.82) is 0 Å². The number of nitrogen functional groups attached to an aromatic ring is 1. The first-order chi connectivity index (χ1) is 17.6. The number of rotatable bonds is 2. The second-order valence-electron chi connectivity index (χ2n) is 10.9. The maximum atomic E-state index is 13.8. The van der Waals surface area contributed by atoms with Crippen molar-refractivity contribution >= 4 is 56.2 Å². The van der Waals surface area contributed by atoms with E-state index in [1.54, 1.807) is 20.5 Å². The molecule has 5 rings (SSSR count). The van der Waals surface area contributed by atoms with Crippen LogP contribution in [0.3, 0.4) is 0 Å². The number of carbonyl (C=O) groups is 4. The molecule has 1 aromatic heterocycles. The van der Waals surface area contributed by atoms with Gasteiger partial charge in [-0.15, -0.1) is 0 Å². The summed E-state index contributed by atoms with van der Waals surface area (Å²) in [7, 11) is 1.81. The van der Waals surface area contributed by atoms with Gasteiger partial charge in [0.2, 0.25) is 11.8 Å². The van der Waals surface area contributed by atoms with Crippen molar-refractivity contribution in [3.8, 4) is 0 Å². The van der Waals surface area contributed by atoms with Crippen molar-refractivity contribution in [2.24, 2.45) is 5.41 Å². The lowest BCUT2D eigenvalue weighted by Crippen LogP contribution is -2.47. The quantitative estimate of drug-likeness (QED) is 0.323. The molecule has 3 heterocycles. The van der Waals surface area contributed by atoms with Crippen molar-refractivity contribution in [3.63, 3.8) is 0 Å². The van der Waals surface area contributed by atoms with Crippen LogP contribution in [0.5, 0.6) is 0 Å². The molecular weight excluding hydrogens is 540 g/mol. The van der Waals surface area contributed by atoms with Crippen LogP contribution in [0, 0.1) is 5.41 Å². The summed E-state index contributed by atoms with van der Waals surface area (Å²) in [6.45, 7) is 1.89. The Morgan fingerprint density at radius 2 is 1.84 bits per heavy atom. The number of aromatic nitrogens is 2. The number of aryl methyl sites for hydroxylation is 1. The van der Waals surface area contributed by atoms with Crippen molar-refractivity contribution in [2.75, 3.05) is 19.3 Å². The van der Waals surface area contributed by atoms with Gasteiger partial charge >= 0.3 is 0 Å². The van der Waals surface area contributed by atoms with Gasteiger partial charge in [-0.05, 0) is 49.8 Å². The zero-order valence-electron chi connectivity index (χ0n) is 21.3. The molecule has 10 nitrogen and oxygen atoms in total. The number of anilines is 1. The van der Waals surface area contributed by atoms with Crippen molar-refractivity contribution in [3.05, 3.63) is 23.4 Å². The van der Waals surface area contributed by atoms with E-state index in [-0.39, 0.29) is 41.5 Å². The molecule has 3 atom stereocenters. The third kappa shape index (κ3) is 4.62. The van der Waals surface area contributed by atoms with E-state index in [0.717, 1.165) is 49.6 Å². The van der Waals surface area contributed by atoms with E-state index in [0.29, 0.717) is 36.2 Å². The second-order valence-corrected chi connectivity index (χ2v) is 11.3. The number of halogens is 1. The fraction of sp³-hybridized carbons (Fsp3) is 0.577. The first-order valence-corrected chi connectivity index (χ1v) is 13.7. The molecule has 2 bridgehead atoms. The van der Waals surface area contributed by atoms with Gasteiger partial charge in [-0.25, -0.2) is 0 Å². The molecule has 0 unspecified atom stereocenters. The molecule has 37 heavy (non-hydrogen) atoms. The molecule has 0 spiro atoms. The summed E-state index contributed by atoms with van der Waals surface area (Å²) in [5.41, 5.74) is 8.45. The summed E-state index contributed by atoms with van der Waals surface area (Å²) < 4.78 is 4.13. The average Bonchev–Trinajstić information content (AvgIpc) is 3.25. The van der Waals surface area contributed by atoms with Crippen molar-refractivity contribution in [1.82, 2.24) is 23.9 Å².